The average Bonchev–Trinajstić information content (AvgIpc) is 2.72. The lowest BCUT2D eigenvalue weighted by Gasteiger charge is -2.19. The van der Waals surface area contributed by atoms with Crippen molar-refractivity contribution in [2.24, 2.45) is 0 Å². The SMILES string of the molecule is CCNC(C)C(O)c1csc2ccccc12. The van der Waals surface area contributed by atoms with Crippen molar-refractivity contribution in [1.82, 2.24) is 5.32 Å². The fraction of sp³-hybridized carbons (Fsp3) is 0.385. The van der Waals surface area contributed by atoms with Gasteiger partial charge in [-0.3, -0.25) is 0 Å². The zero-order chi connectivity index (χ0) is 11.5. The Morgan fingerprint density at radius 2 is 2.12 bits per heavy atom. The number of fused-ring (bicyclic) bond motifs is 1. The van der Waals surface area contributed by atoms with Crippen LogP contribution in [0.25, 0.3) is 10.1 Å². The van der Waals surface area contributed by atoms with Gasteiger partial charge in [-0.2, -0.15) is 0 Å². The number of benzene rings is 1. The minimum Gasteiger partial charge on any atom is -0.387 e. The summed E-state index contributed by atoms with van der Waals surface area (Å²) in [7, 11) is 0. The molecule has 3 heteroatoms. The highest BCUT2D eigenvalue weighted by Crippen LogP contribution is 2.31. The lowest BCUT2D eigenvalue weighted by molar-refractivity contribution is 0.139. The van der Waals surface area contributed by atoms with Crippen LogP contribution in [0.5, 0.6) is 0 Å². The lowest BCUT2D eigenvalue weighted by Crippen LogP contribution is -2.31. The molecule has 1 aromatic carbocycles. The Labute approximate surface area is 99.9 Å². The molecule has 1 aromatic heterocycles. The van der Waals surface area contributed by atoms with E-state index in [0.29, 0.717) is 0 Å². The molecule has 2 N–H and O–H groups in total. The van der Waals surface area contributed by atoms with E-state index in [1.165, 1.54) is 10.1 Å². The molecule has 2 atom stereocenters. The molecule has 2 unspecified atom stereocenters. The molecule has 0 radical (unpaired) electrons. The predicted molar refractivity (Wildman–Crippen MR) is 69.9 cm³/mol. The van der Waals surface area contributed by atoms with Crippen molar-refractivity contribution in [2.45, 2.75) is 26.0 Å². The molecule has 0 aliphatic carbocycles. The van der Waals surface area contributed by atoms with E-state index in [4.69, 9.17) is 0 Å². The third-order valence-electron chi connectivity index (χ3n) is 2.83. The summed E-state index contributed by atoms with van der Waals surface area (Å²) in [4.78, 5) is 0. The zero-order valence-electron chi connectivity index (χ0n) is 9.60. The third kappa shape index (κ3) is 2.12. The number of likely N-dealkylation sites (N-methyl/N-ethyl adjacent to an activating group) is 1. The van der Waals surface area contributed by atoms with Crippen molar-refractivity contribution in [3.8, 4) is 0 Å². The molecule has 86 valence electrons. The van der Waals surface area contributed by atoms with Gasteiger partial charge in [-0.25, -0.2) is 0 Å². The predicted octanol–water partition coefficient (Wildman–Crippen LogP) is 2.93. The Morgan fingerprint density at radius 1 is 1.38 bits per heavy atom. The molecule has 0 aliphatic rings. The third-order valence-corrected chi connectivity index (χ3v) is 3.81. The summed E-state index contributed by atoms with van der Waals surface area (Å²) in [6.07, 6.45) is -0.434. The standard InChI is InChI=1S/C13H17NOS/c1-3-14-9(2)13(15)11-8-16-12-7-5-4-6-10(11)12/h4-9,13-15H,3H2,1-2H3. The van der Waals surface area contributed by atoms with E-state index >= 15 is 0 Å². The normalized spacial score (nSPS) is 15.2. The highest BCUT2D eigenvalue weighted by molar-refractivity contribution is 7.17. The Kier molecular flexibility index (Phi) is 3.59. The molecule has 0 spiro atoms. The van der Waals surface area contributed by atoms with Gasteiger partial charge in [0, 0.05) is 16.3 Å². The molecule has 0 fully saturated rings. The van der Waals surface area contributed by atoms with Gasteiger partial charge in [-0.15, -0.1) is 11.3 Å². The van der Waals surface area contributed by atoms with Gasteiger partial charge in [-0.1, -0.05) is 25.1 Å². The smallest absolute Gasteiger partial charge is 0.0954 e. The van der Waals surface area contributed by atoms with Crippen LogP contribution < -0.4 is 5.32 Å². The van der Waals surface area contributed by atoms with Crippen LogP contribution in [0.1, 0.15) is 25.5 Å². The molecular formula is C13H17NOS. The number of hydrogen-bond donors (Lipinski definition) is 2. The maximum atomic E-state index is 10.3. The number of nitrogens with one attached hydrogen (secondary N) is 1. The number of aliphatic hydroxyl groups is 1. The van der Waals surface area contributed by atoms with E-state index in [0.717, 1.165) is 12.1 Å². The van der Waals surface area contributed by atoms with Crippen LogP contribution in [0.4, 0.5) is 0 Å². The molecule has 2 aromatic rings. The van der Waals surface area contributed by atoms with E-state index in [9.17, 15) is 5.11 Å². The first-order valence-electron chi connectivity index (χ1n) is 5.61. The van der Waals surface area contributed by atoms with Crippen molar-refractivity contribution in [2.75, 3.05) is 6.54 Å². The van der Waals surface area contributed by atoms with Gasteiger partial charge in [0.15, 0.2) is 0 Å². The van der Waals surface area contributed by atoms with E-state index in [1.807, 2.05) is 19.1 Å². The van der Waals surface area contributed by atoms with Crippen LogP contribution in [-0.2, 0) is 0 Å². The van der Waals surface area contributed by atoms with Gasteiger partial charge in [0.25, 0.3) is 0 Å². The maximum Gasteiger partial charge on any atom is 0.0954 e. The van der Waals surface area contributed by atoms with Crippen LogP contribution in [0, 0.1) is 0 Å². The van der Waals surface area contributed by atoms with E-state index in [-0.39, 0.29) is 6.04 Å². The Hall–Kier alpha value is -0.900. The first-order chi connectivity index (χ1) is 7.74. The summed E-state index contributed by atoms with van der Waals surface area (Å²) in [6.45, 7) is 4.94. The number of thiophene rings is 1. The second kappa shape index (κ2) is 4.95. The summed E-state index contributed by atoms with van der Waals surface area (Å²) in [5, 5.41) is 16.7. The molecule has 2 rings (SSSR count). The summed E-state index contributed by atoms with van der Waals surface area (Å²) in [5.41, 5.74) is 1.04. The van der Waals surface area contributed by atoms with E-state index in [1.54, 1.807) is 11.3 Å². The molecule has 0 amide bonds. The largest absolute Gasteiger partial charge is 0.387 e. The molecule has 0 saturated carbocycles. The lowest BCUT2D eigenvalue weighted by atomic mass is 10.0. The van der Waals surface area contributed by atoms with Crippen LogP contribution in [-0.4, -0.2) is 17.7 Å². The summed E-state index contributed by atoms with van der Waals surface area (Å²) >= 11 is 1.69. The number of aliphatic hydroxyl groups excluding tert-OH is 1. The van der Waals surface area contributed by atoms with Crippen molar-refractivity contribution >= 4 is 21.4 Å². The molecule has 1 heterocycles. The summed E-state index contributed by atoms with van der Waals surface area (Å²) < 4.78 is 1.24. The monoisotopic (exact) mass is 235 g/mol. The van der Waals surface area contributed by atoms with Gasteiger partial charge >= 0.3 is 0 Å². The number of hydrogen-bond acceptors (Lipinski definition) is 3. The van der Waals surface area contributed by atoms with Crippen LogP contribution in [0.2, 0.25) is 0 Å². The van der Waals surface area contributed by atoms with E-state index < -0.39 is 6.10 Å². The maximum absolute atomic E-state index is 10.3. The minimum atomic E-state index is -0.434. The highest BCUT2D eigenvalue weighted by atomic mass is 32.1. The van der Waals surface area contributed by atoms with E-state index in [2.05, 4.69) is 29.8 Å². The van der Waals surface area contributed by atoms with Crippen LogP contribution in [0.3, 0.4) is 0 Å². The highest BCUT2D eigenvalue weighted by Gasteiger charge is 2.18. The topological polar surface area (TPSA) is 32.3 Å². The molecule has 2 nitrogen and oxygen atoms in total. The second-order valence-corrected chi connectivity index (χ2v) is 4.89. The quantitative estimate of drug-likeness (QED) is 0.854. The average molecular weight is 235 g/mol. The molecule has 0 saturated heterocycles. The van der Waals surface area contributed by atoms with Crippen molar-refractivity contribution in [3.05, 3.63) is 35.2 Å². The summed E-state index contributed by atoms with van der Waals surface area (Å²) in [6, 6.07) is 8.30. The summed E-state index contributed by atoms with van der Waals surface area (Å²) in [5.74, 6) is 0. The molecular weight excluding hydrogens is 218 g/mol. The van der Waals surface area contributed by atoms with Gasteiger partial charge < -0.3 is 10.4 Å². The van der Waals surface area contributed by atoms with Gasteiger partial charge in [-0.05, 0) is 30.3 Å². The van der Waals surface area contributed by atoms with Crippen molar-refractivity contribution in [3.63, 3.8) is 0 Å². The molecule has 16 heavy (non-hydrogen) atoms. The number of rotatable bonds is 4. The fourth-order valence-electron chi connectivity index (χ4n) is 1.93. The molecule has 0 bridgehead atoms. The Balaban J connectivity index is 2.32. The first kappa shape index (κ1) is 11.6. The molecule has 0 aliphatic heterocycles. The van der Waals surface area contributed by atoms with Gasteiger partial charge in [0.1, 0.15) is 0 Å². The van der Waals surface area contributed by atoms with Crippen LogP contribution >= 0.6 is 11.3 Å². The fourth-order valence-corrected chi connectivity index (χ4v) is 2.92. The minimum absolute atomic E-state index is 0.0861. The van der Waals surface area contributed by atoms with Crippen molar-refractivity contribution in [1.29, 1.82) is 0 Å². The first-order valence-corrected chi connectivity index (χ1v) is 6.49. The second-order valence-electron chi connectivity index (χ2n) is 3.98. The Bertz CT molecular complexity index is 466. The zero-order valence-corrected chi connectivity index (χ0v) is 10.4. The van der Waals surface area contributed by atoms with Crippen LogP contribution in [0.15, 0.2) is 29.6 Å². The van der Waals surface area contributed by atoms with Crippen molar-refractivity contribution < 1.29 is 5.11 Å². The van der Waals surface area contributed by atoms with Gasteiger partial charge in [0.05, 0.1) is 6.10 Å². The van der Waals surface area contributed by atoms with Gasteiger partial charge in [0.2, 0.25) is 0 Å². The Morgan fingerprint density at radius 3 is 2.88 bits per heavy atom.